The molecule has 0 aliphatic heterocycles. The van der Waals surface area contributed by atoms with E-state index in [1.54, 1.807) is 44.0 Å². The molecule has 8 heteroatoms. The van der Waals surface area contributed by atoms with Gasteiger partial charge in [-0.2, -0.15) is 0 Å². The van der Waals surface area contributed by atoms with E-state index in [1.165, 1.54) is 0 Å². The number of imidazole rings is 1. The van der Waals surface area contributed by atoms with Crippen molar-refractivity contribution >= 4 is 28.6 Å². The molecule has 37 heavy (non-hydrogen) atoms. The molecule has 0 aliphatic carbocycles. The summed E-state index contributed by atoms with van der Waals surface area (Å²) < 4.78 is 0. The van der Waals surface area contributed by atoms with Gasteiger partial charge in [0.05, 0.1) is 17.6 Å². The number of hydrogen-bond acceptors (Lipinski definition) is 6. The van der Waals surface area contributed by atoms with Gasteiger partial charge in [-0.25, -0.2) is 9.97 Å². The Morgan fingerprint density at radius 1 is 1.14 bits per heavy atom. The van der Waals surface area contributed by atoms with E-state index >= 15 is 0 Å². The van der Waals surface area contributed by atoms with Crippen molar-refractivity contribution in [1.29, 1.82) is 0 Å². The third kappa shape index (κ3) is 5.54. The molecule has 8 nitrogen and oxygen atoms in total. The van der Waals surface area contributed by atoms with E-state index in [-0.39, 0.29) is 5.91 Å². The van der Waals surface area contributed by atoms with E-state index in [2.05, 4.69) is 43.7 Å². The Bertz CT molecular complexity index is 1490. The lowest BCUT2D eigenvalue weighted by Gasteiger charge is -2.12. The van der Waals surface area contributed by atoms with Gasteiger partial charge in [0.25, 0.3) is 0 Å². The average Bonchev–Trinajstić information content (AvgIpc) is 3.32. The second kappa shape index (κ2) is 11.3. The van der Waals surface area contributed by atoms with Gasteiger partial charge in [-0.1, -0.05) is 38.3 Å². The molecule has 0 fully saturated rings. The van der Waals surface area contributed by atoms with Gasteiger partial charge in [-0.3, -0.25) is 14.8 Å². The van der Waals surface area contributed by atoms with Crippen LogP contribution < -0.4 is 10.6 Å². The van der Waals surface area contributed by atoms with Crippen LogP contribution in [-0.2, 0) is 4.79 Å². The molecule has 4 aromatic rings. The van der Waals surface area contributed by atoms with Crippen LogP contribution in [0.2, 0.25) is 0 Å². The van der Waals surface area contributed by atoms with Gasteiger partial charge in [0, 0.05) is 77.3 Å². The highest BCUT2D eigenvalue weighted by atomic mass is 16.1. The van der Waals surface area contributed by atoms with E-state index in [4.69, 9.17) is 4.98 Å². The molecule has 0 spiro atoms. The first kappa shape index (κ1) is 25.2. The van der Waals surface area contributed by atoms with Crippen LogP contribution >= 0.6 is 0 Å². The monoisotopic (exact) mass is 491 g/mol. The zero-order chi connectivity index (χ0) is 26.4. The van der Waals surface area contributed by atoms with Gasteiger partial charge in [-0.05, 0) is 25.1 Å². The molecule has 4 heterocycles. The molecule has 4 rings (SSSR count). The maximum absolute atomic E-state index is 11.8. The SMILES string of the molecule is C=C/C=C(/c1cccnc1)c1nc(C(=C)c2cc(-c3cncc(NC(=O)CC)c3)cnc2NC)[nH]c1C. The number of allylic oxidation sites excluding steroid dienone is 2. The van der Waals surface area contributed by atoms with Crippen molar-refractivity contribution in [2.75, 3.05) is 17.7 Å². The van der Waals surface area contributed by atoms with Crippen LogP contribution in [0.3, 0.4) is 0 Å². The molecule has 0 radical (unpaired) electrons. The Morgan fingerprint density at radius 2 is 1.95 bits per heavy atom. The lowest BCUT2D eigenvalue weighted by Crippen LogP contribution is -2.09. The predicted octanol–water partition coefficient (Wildman–Crippen LogP) is 5.64. The summed E-state index contributed by atoms with van der Waals surface area (Å²) in [5, 5.41) is 5.99. The summed E-state index contributed by atoms with van der Waals surface area (Å²) in [6.07, 6.45) is 12.7. The number of amides is 1. The lowest BCUT2D eigenvalue weighted by atomic mass is 10.0. The molecule has 0 aromatic carbocycles. The lowest BCUT2D eigenvalue weighted by molar-refractivity contribution is -0.115. The van der Waals surface area contributed by atoms with Crippen molar-refractivity contribution in [1.82, 2.24) is 24.9 Å². The molecular weight excluding hydrogens is 462 g/mol. The number of nitrogens with zero attached hydrogens (tertiary/aromatic N) is 4. The normalized spacial score (nSPS) is 11.2. The predicted molar refractivity (Wildman–Crippen MR) is 149 cm³/mol. The highest BCUT2D eigenvalue weighted by molar-refractivity contribution is 5.91. The topological polar surface area (TPSA) is 108 Å². The number of hydrogen-bond donors (Lipinski definition) is 3. The summed E-state index contributed by atoms with van der Waals surface area (Å²) >= 11 is 0. The molecule has 0 atom stereocenters. The van der Waals surface area contributed by atoms with Crippen molar-refractivity contribution in [3.05, 3.63) is 109 Å². The van der Waals surface area contributed by atoms with Crippen molar-refractivity contribution in [2.24, 2.45) is 0 Å². The minimum Gasteiger partial charge on any atom is -0.373 e. The number of anilines is 2. The molecule has 1 amide bonds. The largest absolute Gasteiger partial charge is 0.373 e. The summed E-state index contributed by atoms with van der Waals surface area (Å²) in [7, 11) is 1.81. The molecule has 0 saturated carbocycles. The zero-order valence-corrected chi connectivity index (χ0v) is 21.2. The fourth-order valence-electron chi connectivity index (χ4n) is 3.91. The molecule has 4 aromatic heterocycles. The Morgan fingerprint density at radius 3 is 2.65 bits per heavy atom. The molecule has 0 bridgehead atoms. The molecular formula is C29H29N7O. The smallest absolute Gasteiger partial charge is 0.224 e. The number of pyridine rings is 3. The molecule has 0 aliphatic rings. The summed E-state index contributed by atoms with van der Waals surface area (Å²) in [5.41, 5.74) is 7.30. The Hall–Kier alpha value is -4.85. The number of aromatic amines is 1. The van der Waals surface area contributed by atoms with E-state index in [0.29, 0.717) is 29.3 Å². The minimum atomic E-state index is -0.0724. The second-order valence-electron chi connectivity index (χ2n) is 8.33. The number of aromatic nitrogens is 5. The van der Waals surface area contributed by atoms with Gasteiger partial charge >= 0.3 is 0 Å². The fraction of sp³-hybridized carbons (Fsp3) is 0.138. The van der Waals surface area contributed by atoms with Crippen molar-refractivity contribution < 1.29 is 4.79 Å². The number of carbonyl (C=O) groups excluding carboxylic acids is 1. The summed E-state index contributed by atoms with van der Waals surface area (Å²) in [5.74, 6) is 1.22. The quantitative estimate of drug-likeness (QED) is 0.262. The summed E-state index contributed by atoms with van der Waals surface area (Å²) in [4.78, 5) is 33.2. The number of H-pyrrole nitrogens is 1. The standard InChI is InChI=1S/C29H29N7O/c1-6-9-24(20-10-8-11-31-14-20)27-19(4)34-28(36-27)18(3)25-13-22(16-33-29(25)30-5)21-12-23(17-32-15-21)35-26(37)7-2/h6,8-17H,1,3,7H2,2,4-5H3,(H,30,33)(H,34,36)(H,35,37)/b24-9-. The van der Waals surface area contributed by atoms with E-state index in [0.717, 1.165) is 39.2 Å². The first-order chi connectivity index (χ1) is 17.9. The number of rotatable bonds is 9. The van der Waals surface area contributed by atoms with E-state index < -0.39 is 0 Å². The van der Waals surface area contributed by atoms with Gasteiger partial charge in [0.1, 0.15) is 11.6 Å². The fourth-order valence-corrected chi connectivity index (χ4v) is 3.91. The maximum Gasteiger partial charge on any atom is 0.224 e. The van der Waals surface area contributed by atoms with Gasteiger partial charge in [0.2, 0.25) is 5.91 Å². The highest BCUT2D eigenvalue weighted by Crippen LogP contribution is 2.32. The van der Waals surface area contributed by atoms with Crippen molar-refractivity contribution in [3.63, 3.8) is 0 Å². The highest BCUT2D eigenvalue weighted by Gasteiger charge is 2.18. The number of carbonyl (C=O) groups is 1. The summed E-state index contributed by atoms with van der Waals surface area (Å²) in [6.45, 7) is 12.0. The Kier molecular flexibility index (Phi) is 7.68. The molecule has 3 N–H and O–H groups in total. The minimum absolute atomic E-state index is 0.0724. The third-order valence-electron chi connectivity index (χ3n) is 5.81. The third-order valence-corrected chi connectivity index (χ3v) is 5.81. The van der Waals surface area contributed by atoms with Crippen LogP contribution in [0.5, 0.6) is 0 Å². The molecule has 0 saturated heterocycles. The zero-order valence-electron chi connectivity index (χ0n) is 21.2. The van der Waals surface area contributed by atoms with Crippen LogP contribution in [0.4, 0.5) is 11.5 Å². The van der Waals surface area contributed by atoms with Crippen molar-refractivity contribution in [2.45, 2.75) is 20.3 Å². The molecule has 186 valence electrons. The maximum atomic E-state index is 11.8. The first-order valence-corrected chi connectivity index (χ1v) is 11.9. The Balaban J connectivity index is 1.72. The summed E-state index contributed by atoms with van der Waals surface area (Å²) in [6, 6.07) is 7.74. The van der Waals surface area contributed by atoms with Crippen LogP contribution in [0.1, 0.15) is 41.7 Å². The first-order valence-electron chi connectivity index (χ1n) is 11.9. The van der Waals surface area contributed by atoms with Crippen molar-refractivity contribution in [3.8, 4) is 11.1 Å². The van der Waals surface area contributed by atoms with Gasteiger partial charge in [-0.15, -0.1) is 0 Å². The Labute approximate surface area is 216 Å². The van der Waals surface area contributed by atoms with Crippen LogP contribution in [-0.4, -0.2) is 37.9 Å². The van der Waals surface area contributed by atoms with E-state index in [1.807, 2.05) is 44.3 Å². The second-order valence-corrected chi connectivity index (χ2v) is 8.33. The van der Waals surface area contributed by atoms with Crippen LogP contribution in [0.15, 0.2) is 80.6 Å². The average molecular weight is 492 g/mol. The van der Waals surface area contributed by atoms with E-state index in [9.17, 15) is 4.79 Å². The number of aryl methyl sites for hydroxylation is 1. The molecule has 0 unspecified atom stereocenters. The van der Waals surface area contributed by atoms with Gasteiger partial charge in [0.15, 0.2) is 0 Å². The van der Waals surface area contributed by atoms with Crippen LogP contribution in [0, 0.1) is 6.92 Å². The van der Waals surface area contributed by atoms with Crippen LogP contribution in [0.25, 0.3) is 22.3 Å². The van der Waals surface area contributed by atoms with Gasteiger partial charge < -0.3 is 15.6 Å². The number of nitrogens with one attached hydrogen (secondary N) is 3.